The molecule has 0 amide bonds. The summed E-state index contributed by atoms with van der Waals surface area (Å²) < 4.78 is 5.52. The maximum Gasteiger partial charge on any atom is 0.120 e. The van der Waals surface area contributed by atoms with Gasteiger partial charge in [0, 0.05) is 5.88 Å². The summed E-state index contributed by atoms with van der Waals surface area (Å²) in [5.41, 5.74) is 2.45. The van der Waals surface area contributed by atoms with Crippen molar-refractivity contribution in [2.45, 2.75) is 13.8 Å². The van der Waals surface area contributed by atoms with Crippen molar-refractivity contribution in [3.8, 4) is 5.75 Å². The number of alkyl halides is 1. The molecule has 0 bridgehead atoms. The Bertz CT molecular complexity index is 298. The molecule has 1 rings (SSSR count). The van der Waals surface area contributed by atoms with Gasteiger partial charge in [0.1, 0.15) is 12.4 Å². The molecule has 0 aliphatic rings. The topological polar surface area (TPSA) is 9.23 Å². The van der Waals surface area contributed by atoms with Crippen molar-refractivity contribution in [3.63, 3.8) is 0 Å². The number of ether oxygens (including phenoxy) is 1. The number of hydrogen-bond acceptors (Lipinski definition) is 1. The van der Waals surface area contributed by atoms with E-state index in [-0.39, 0.29) is 0 Å². The lowest BCUT2D eigenvalue weighted by Gasteiger charge is -2.05. The molecule has 14 heavy (non-hydrogen) atoms. The number of halogens is 1. The lowest BCUT2D eigenvalue weighted by Crippen LogP contribution is -1.94. The third-order valence-corrected chi connectivity index (χ3v) is 1.98. The van der Waals surface area contributed by atoms with Crippen LogP contribution in [-0.2, 0) is 0 Å². The van der Waals surface area contributed by atoms with Gasteiger partial charge in [-0.25, -0.2) is 0 Å². The largest absolute Gasteiger partial charge is 0.490 e. The van der Waals surface area contributed by atoms with Gasteiger partial charge in [-0.05, 0) is 37.1 Å². The minimum absolute atomic E-state index is 0.538. The van der Waals surface area contributed by atoms with Crippen molar-refractivity contribution in [1.29, 1.82) is 0 Å². The fourth-order valence-electron chi connectivity index (χ4n) is 1.29. The highest BCUT2D eigenvalue weighted by atomic mass is 35.5. The van der Waals surface area contributed by atoms with E-state index in [1.807, 2.05) is 24.3 Å². The zero-order valence-electron chi connectivity index (χ0n) is 8.59. The van der Waals surface area contributed by atoms with Crippen molar-refractivity contribution in [2.75, 3.05) is 12.5 Å². The first-order valence-electron chi connectivity index (χ1n) is 4.64. The molecule has 0 fully saturated rings. The summed E-state index contributed by atoms with van der Waals surface area (Å²) in [5, 5.41) is 0. The molecule has 0 saturated carbocycles. The molecule has 1 nitrogen and oxygen atoms in total. The summed E-state index contributed by atoms with van der Waals surface area (Å²) in [4.78, 5) is 0. The smallest absolute Gasteiger partial charge is 0.120 e. The Labute approximate surface area is 90.3 Å². The second-order valence-corrected chi connectivity index (χ2v) is 3.57. The Hall–Kier alpha value is -0.950. The zero-order chi connectivity index (χ0) is 10.4. The standard InChI is InChI=1S/C12H15ClO/c1-10-7-11(2)9-12(8-10)14-6-4-3-5-13/h3-4,7-9H,5-6H2,1-2H3. The van der Waals surface area contributed by atoms with Crippen molar-refractivity contribution in [2.24, 2.45) is 0 Å². The summed E-state index contributed by atoms with van der Waals surface area (Å²) in [5.74, 6) is 1.46. The summed E-state index contributed by atoms with van der Waals surface area (Å²) >= 11 is 5.49. The highest BCUT2D eigenvalue weighted by Gasteiger charge is 1.94. The maximum atomic E-state index is 5.52. The monoisotopic (exact) mass is 210 g/mol. The van der Waals surface area contributed by atoms with E-state index in [0.29, 0.717) is 12.5 Å². The fourth-order valence-corrected chi connectivity index (χ4v) is 1.42. The molecule has 0 aliphatic heterocycles. The SMILES string of the molecule is Cc1cc(C)cc(OCC=CCCl)c1. The highest BCUT2D eigenvalue weighted by molar-refractivity contribution is 6.18. The van der Waals surface area contributed by atoms with Gasteiger partial charge < -0.3 is 4.74 Å². The van der Waals surface area contributed by atoms with Crippen LogP contribution in [0.1, 0.15) is 11.1 Å². The minimum atomic E-state index is 0.538. The average Bonchev–Trinajstić information content (AvgIpc) is 2.11. The molecule has 0 aliphatic carbocycles. The summed E-state index contributed by atoms with van der Waals surface area (Å²) in [6, 6.07) is 6.19. The van der Waals surface area contributed by atoms with Crippen LogP contribution < -0.4 is 4.74 Å². The van der Waals surface area contributed by atoms with Gasteiger partial charge in [-0.1, -0.05) is 18.2 Å². The third-order valence-electron chi connectivity index (χ3n) is 1.80. The van der Waals surface area contributed by atoms with E-state index in [1.165, 1.54) is 11.1 Å². The van der Waals surface area contributed by atoms with E-state index >= 15 is 0 Å². The van der Waals surface area contributed by atoms with E-state index in [4.69, 9.17) is 16.3 Å². The lowest BCUT2D eigenvalue weighted by molar-refractivity contribution is 0.362. The number of aryl methyl sites for hydroxylation is 2. The highest BCUT2D eigenvalue weighted by Crippen LogP contribution is 2.15. The van der Waals surface area contributed by atoms with Crippen LogP contribution in [0.2, 0.25) is 0 Å². The summed E-state index contributed by atoms with van der Waals surface area (Å²) in [6.07, 6.45) is 3.80. The average molecular weight is 211 g/mol. The Morgan fingerprint density at radius 2 is 1.79 bits per heavy atom. The Balaban J connectivity index is 2.54. The summed E-state index contributed by atoms with van der Waals surface area (Å²) in [6.45, 7) is 4.71. The quantitative estimate of drug-likeness (QED) is 0.546. The van der Waals surface area contributed by atoms with E-state index < -0.39 is 0 Å². The second kappa shape index (κ2) is 5.71. The van der Waals surface area contributed by atoms with E-state index in [9.17, 15) is 0 Å². The van der Waals surface area contributed by atoms with Crippen molar-refractivity contribution in [1.82, 2.24) is 0 Å². The number of benzene rings is 1. The van der Waals surface area contributed by atoms with Gasteiger partial charge in [0.2, 0.25) is 0 Å². The molecule has 0 unspecified atom stereocenters. The molecular formula is C12H15ClO. The molecule has 2 heteroatoms. The molecule has 0 spiro atoms. The van der Waals surface area contributed by atoms with Crippen LogP contribution in [0, 0.1) is 13.8 Å². The molecule has 0 saturated heterocycles. The third kappa shape index (κ3) is 3.84. The Morgan fingerprint density at radius 1 is 1.14 bits per heavy atom. The second-order valence-electron chi connectivity index (χ2n) is 3.26. The van der Waals surface area contributed by atoms with Crippen LogP contribution in [0.5, 0.6) is 5.75 Å². The molecular weight excluding hydrogens is 196 g/mol. The number of allylic oxidation sites excluding steroid dienone is 1. The van der Waals surface area contributed by atoms with E-state index in [1.54, 1.807) is 0 Å². The van der Waals surface area contributed by atoms with Gasteiger partial charge in [0.25, 0.3) is 0 Å². The maximum absolute atomic E-state index is 5.52. The minimum Gasteiger partial charge on any atom is -0.490 e. The molecule has 0 N–H and O–H groups in total. The van der Waals surface area contributed by atoms with Gasteiger partial charge >= 0.3 is 0 Å². The van der Waals surface area contributed by atoms with Crippen LogP contribution in [0.15, 0.2) is 30.4 Å². The first-order chi connectivity index (χ1) is 6.72. The van der Waals surface area contributed by atoms with Crippen LogP contribution in [0.25, 0.3) is 0 Å². The van der Waals surface area contributed by atoms with Crippen LogP contribution in [0.3, 0.4) is 0 Å². The zero-order valence-corrected chi connectivity index (χ0v) is 9.34. The molecule has 0 radical (unpaired) electrons. The first kappa shape index (κ1) is 11.1. The first-order valence-corrected chi connectivity index (χ1v) is 5.18. The van der Waals surface area contributed by atoms with E-state index in [2.05, 4.69) is 19.9 Å². The van der Waals surface area contributed by atoms with Crippen molar-refractivity contribution >= 4 is 11.6 Å². The normalized spacial score (nSPS) is 10.8. The van der Waals surface area contributed by atoms with Gasteiger partial charge in [0.05, 0.1) is 0 Å². The van der Waals surface area contributed by atoms with Gasteiger partial charge in [-0.2, -0.15) is 0 Å². The van der Waals surface area contributed by atoms with Crippen molar-refractivity contribution in [3.05, 3.63) is 41.5 Å². The van der Waals surface area contributed by atoms with Crippen LogP contribution >= 0.6 is 11.6 Å². The molecule has 0 heterocycles. The lowest BCUT2D eigenvalue weighted by atomic mass is 10.1. The molecule has 1 aromatic carbocycles. The molecule has 1 aromatic rings. The predicted octanol–water partition coefficient (Wildman–Crippen LogP) is 3.48. The Kier molecular flexibility index (Phi) is 4.54. The number of hydrogen-bond donors (Lipinski definition) is 0. The van der Waals surface area contributed by atoms with Gasteiger partial charge in [-0.3, -0.25) is 0 Å². The van der Waals surface area contributed by atoms with Crippen molar-refractivity contribution < 1.29 is 4.74 Å². The van der Waals surface area contributed by atoms with Crippen LogP contribution in [-0.4, -0.2) is 12.5 Å². The molecule has 0 atom stereocenters. The van der Waals surface area contributed by atoms with Crippen LogP contribution in [0.4, 0.5) is 0 Å². The predicted molar refractivity (Wildman–Crippen MR) is 61.3 cm³/mol. The summed E-state index contributed by atoms with van der Waals surface area (Å²) in [7, 11) is 0. The van der Waals surface area contributed by atoms with Gasteiger partial charge in [-0.15, -0.1) is 11.6 Å². The Morgan fingerprint density at radius 3 is 2.36 bits per heavy atom. The molecule has 76 valence electrons. The molecule has 0 aromatic heterocycles. The number of rotatable bonds is 4. The van der Waals surface area contributed by atoms with E-state index in [0.717, 1.165) is 5.75 Å². The fraction of sp³-hybridized carbons (Fsp3) is 0.333. The van der Waals surface area contributed by atoms with Gasteiger partial charge in [0.15, 0.2) is 0 Å².